The summed E-state index contributed by atoms with van der Waals surface area (Å²) in [5.74, 6) is -1.89. The van der Waals surface area contributed by atoms with Crippen LogP contribution in [-0.2, 0) is 14.4 Å². The van der Waals surface area contributed by atoms with Crippen LogP contribution in [-0.4, -0.2) is 28.4 Å². The molecule has 2 amide bonds. The number of carbonyl (C=O) groups excluding carboxylic acids is 2. The van der Waals surface area contributed by atoms with E-state index in [-0.39, 0.29) is 24.7 Å². The van der Waals surface area contributed by atoms with E-state index in [4.69, 9.17) is 5.11 Å². The number of hydrogen-bond acceptors (Lipinski definition) is 3. The largest absolute Gasteiger partial charge is 0.481 e. The Hall–Kier alpha value is -2.37. The van der Waals surface area contributed by atoms with Crippen LogP contribution in [0.4, 0.5) is 5.69 Å². The molecule has 6 nitrogen and oxygen atoms in total. The Morgan fingerprint density at radius 3 is 2.73 bits per heavy atom. The summed E-state index contributed by atoms with van der Waals surface area (Å²) in [6.07, 6.45) is 0.404. The maximum Gasteiger partial charge on any atom is 0.303 e. The van der Waals surface area contributed by atoms with Crippen molar-refractivity contribution in [2.45, 2.75) is 44.6 Å². The van der Waals surface area contributed by atoms with Crippen LogP contribution in [0.5, 0.6) is 0 Å². The number of anilines is 1. The molecule has 1 aliphatic rings. The Morgan fingerprint density at radius 1 is 1.36 bits per heavy atom. The number of carbonyl (C=O) groups is 3. The molecule has 0 spiro atoms. The third-order valence-corrected chi connectivity index (χ3v) is 3.74. The second-order valence-electron chi connectivity index (χ2n) is 6.16. The van der Waals surface area contributed by atoms with E-state index in [2.05, 4.69) is 10.6 Å². The SMILES string of the molecule is CC(C)(CCC(=O)O)NC(=O)C1CC(=O)Nc2ccccc21. The number of amides is 2. The Bertz CT molecular complexity index is 610. The minimum Gasteiger partial charge on any atom is -0.481 e. The highest BCUT2D eigenvalue weighted by Gasteiger charge is 2.33. The zero-order valence-electron chi connectivity index (χ0n) is 12.7. The molecule has 0 saturated carbocycles. The molecule has 22 heavy (non-hydrogen) atoms. The second kappa shape index (κ2) is 6.17. The van der Waals surface area contributed by atoms with E-state index in [1.165, 1.54) is 0 Å². The van der Waals surface area contributed by atoms with Gasteiger partial charge < -0.3 is 15.7 Å². The quantitative estimate of drug-likeness (QED) is 0.774. The highest BCUT2D eigenvalue weighted by molar-refractivity contribution is 6.01. The van der Waals surface area contributed by atoms with Gasteiger partial charge in [0, 0.05) is 24.1 Å². The third kappa shape index (κ3) is 3.84. The van der Waals surface area contributed by atoms with Crippen molar-refractivity contribution < 1.29 is 19.5 Å². The molecule has 0 radical (unpaired) electrons. The predicted octanol–water partition coefficient (Wildman–Crippen LogP) is 1.87. The molecular formula is C16H20N2O4. The summed E-state index contributed by atoms with van der Waals surface area (Å²) < 4.78 is 0. The molecule has 0 aliphatic carbocycles. The molecule has 1 aromatic carbocycles. The van der Waals surface area contributed by atoms with Crippen LogP contribution >= 0.6 is 0 Å². The van der Waals surface area contributed by atoms with Gasteiger partial charge >= 0.3 is 5.97 Å². The monoisotopic (exact) mass is 304 g/mol. The van der Waals surface area contributed by atoms with Gasteiger partial charge in [-0.2, -0.15) is 0 Å². The molecule has 1 aromatic rings. The molecule has 0 saturated heterocycles. The van der Waals surface area contributed by atoms with Crippen LogP contribution in [0.15, 0.2) is 24.3 Å². The molecule has 1 atom stereocenters. The average molecular weight is 304 g/mol. The van der Waals surface area contributed by atoms with Crippen LogP contribution in [0.2, 0.25) is 0 Å². The van der Waals surface area contributed by atoms with Crippen molar-refractivity contribution in [3.63, 3.8) is 0 Å². The average Bonchev–Trinajstić information content (AvgIpc) is 2.44. The molecule has 1 unspecified atom stereocenters. The van der Waals surface area contributed by atoms with Crippen LogP contribution in [0.3, 0.4) is 0 Å². The van der Waals surface area contributed by atoms with E-state index in [0.29, 0.717) is 12.1 Å². The molecule has 1 heterocycles. The number of fused-ring (bicyclic) bond motifs is 1. The van der Waals surface area contributed by atoms with E-state index in [1.54, 1.807) is 26.0 Å². The molecule has 2 rings (SSSR count). The van der Waals surface area contributed by atoms with Crippen molar-refractivity contribution >= 4 is 23.5 Å². The number of hydrogen-bond donors (Lipinski definition) is 3. The lowest BCUT2D eigenvalue weighted by molar-refractivity contribution is -0.138. The number of nitrogens with one attached hydrogen (secondary N) is 2. The van der Waals surface area contributed by atoms with Crippen molar-refractivity contribution in [1.82, 2.24) is 5.32 Å². The smallest absolute Gasteiger partial charge is 0.303 e. The summed E-state index contributed by atoms with van der Waals surface area (Å²) >= 11 is 0. The van der Waals surface area contributed by atoms with Crippen LogP contribution in [0.1, 0.15) is 44.6 Å². The molecule has 3 N–H and O–H groups in total. The zero-order chi connectivity index (χ0) is 16.3. The first-order valence-electron chi connectivity index (χ1n) is 7.21. The van der Waals surface area contributed by atoms with Gasteiger partial charge in [0.15, 0.2) is 0 Å². The van der Waals surface area contributed by atoms with Crippen LogP contribution < -0.4 is 10.6 Å². The second-order valence-corrected chi connectivity index (χ2v) is 6.16. The van der Waals surface area contributed by atoms with Crippen molar-refractivity contribution in [2.24, 2.45) is 0 Å². The van der Waals surface area contributed by atoms with Gasteiger partial charge in [0.25, 0.3) is 0 Å². The summed E-state index contributed by atoms with van der Waals surface area (Å²) in [5, 5.41) is 14.4. The Kier molecular flexibility index (Phi) is 4.49. The summed E-state index contributed by atoms with van der Waals surface area (Å²) in [4.78, 5) is 35.0. The standard InChI is InChI=1S/C16H20N2O4/c1-16(2,8-7-14(20)21)18-15(22)11-9-13(19)17-12-6-4-3-5-10(11)12/h3-6,11H,7-9H2,1-2H3,(H,17,19)(H,18,22)(H,20,21). The molecule has 118 valence electrons. The number of carboxylic acids is 1. The highest BCUT2D eigenvalue weighted by atomic mass is 16.4. The number of para-hydroxylation sites is 1. The van der Waals surface area contributed by atoms with E-state index < -0.39 is 17.4 Å². The lowest BCUT2D eigenvalue weighted by atomic mass is 9.88. The lowest BCUT2D eigenvalue weighted by Gasteiger charge is -2.30. The molecule has 0 fully saturated rings. The maximum atomic E-state index is 12.5. The van der Waals surface area contributed by atoms with Gasteiger partial charge in [0.05, 0.1) is 5.92 Å². The van der Waals surface area contributed by atoms with E-state index in [1.807, 2.05) is 12.1 Å². The fraction of sp³-hybridized carbons (Fsp3) is 0.438. The Balaban J connectivity index is 2.13. The van der Waals surface area contributed by atoms with Gasteiger partial charge in [-0.05, 0) is 31.9 Å². The molecule has 0 aromatic heterocycles. The van der Waals surface area contributed by atoms with E-state index in [9.17, 15) is 14.4 Å². The summed E-state index contributed by atoms with van der Waals surface area (Å²) in [7, 11) is 0. The van der Waals surface area contributed by atoms with E-state index in [0.717, 1.165) is 5.56 Å². The van der Waals surface area contributed by atoms with Crippen LogP contribution in [0, 0.1) is 0 Å². The van der Waals surface area contributed by atoms with Crippen LogP contribution in [0.25, 0.3) is 0 Å². The van der Waals surface area contributed by atoms with Crippen molar-refractivity contribution in [3.05, 3.63) is 29.8 Å². The molecule has 1 aliphatic heterocycles. The fourth-order valence-electron chi connectivity index (χ4n) is 2.55. The molecular weight excluding hydrogens is 284 g/mol. The molecule has 0 bridgehead atoms. The fourth-order valence-corrected chi connectivity index (χ4v) is 2.55. The Morgan fingerprint density at radius 2 is 2.05 bits per heavy atom. The summed E-state index contributed by atoms with van der Waals surface area (Å²) in [6, 6.07) is 7.22. The van der Waals surface area contributed by atoms with Gasteiger partial charge in [0.2, 0.25) is 11.8 Å². The summed E-state index contributed by atoms with van der Waals surface area (Å²) in [5.41, 5.74) is 0.800. The van der Waals surface area contributed by atoms with Gasteiger partial charge in [-0.3, -0.25) is 14.4 Å². The van der Waals surface area contributed by atoms with Crippen molar-refractivity contribution in [3.8, 4) is 0 Å². The number of aliphatic carboxylic acids is 1. The first kappa shape index (κ1) is 16.0. The van der Waals surface area contributed by atoms with Crippen molar-refractivity contribution in [2.75, 3.05) is 5.32 Å². The molecule has 6 heteroatoms. The first-order chi connectivity index (χ1) is 10.3. The number of benzene rings is 1. The van der Waals surface area contributed by atoms with Gasteiger partial charge in [-0.25, -0.2) is 0 Å². The maximum absolute atomic E-state index is 12.5. The lowest BCUT2D eigenvalue weighted by Crippen LogP contribution is -2.47. The van der Waals surface area contributed by atoms with Gasteiger partial charge in [-0.15, -0.1) is 0 Å². The first-order valence-corrected chi connectivity index (χ1v) is 7.21. The van der Waals surface area contributed by atoms with Gasteiger partial charge in [0.1, 0.15) is 0 Å². The minimum absolute atomic E-state index is 0.0188. The van der Waals surface area contributed by atoms with E-state index >= 15 is 0 Å². The highest BCUT2D eigenvalue weighted by Crippen LogP contribution is 2.32. The zero-order valence-corrected chi connectivity index (χ0v) is 12.7. The minimum atomic E-state index is -0.898. The predicted molar refractivity (Wildman–Crippen MR) is 81.5 cm³/mol. The summed E-state index contributed by atoms with van der Waals surface area (Å²) in [6.45, 7) is 3.56. The normalized spacial score (nSPS) is 17.4. The topological polar surface area (TPSA) is 95.5 Å². The Labute approximate surface area is 128 Å². The number of carboxylic acid groups (broad SMARTS) is 1. The third-order valence-electron chi connectivity index (χ3n) is 3.74. The van der Waals surface area contributed by atoms with Gasteiger partial charge in [-0.1, -0.05) is 18.2 Å². The van der Waals surface area contributed by atoms with Crippen molar-refractivity contribution in [1.29, 1.82) is 0 Å². The number of rotatable bonds is 5.